The molecule has 0 bridgehead atoms. The molecule has 1 aliphatic carbocycles. The number of carboxylic acid groups (broad SMARTS) is 1. The number of carbonyl (C=O) groups excluding carboxylic acids is 2. The molecule has 0 aromatic heterocycles. The van der Waals surface area contributed by atoms with Crippen molar-refractivity contribution in [3.05, 3.63) is 95.6 Å². The highest BCUT2D eigenvalue weighted by Gasteiger charge is 2.29. The molecule has 40 heavy (non-hydrogen) atoms. The van der Waals surface area contributed by atoms with E-state index >= 15 is 0 Å². The van der Waals surface area contributed by atoms with Crippen molar-refractivity contribution in [3.63, 3.8) is 0 Å². The predicted molar refractivity (Wildman–Crippen MR) is 154 cm³/mol. The number of carboxylic acids is 1. The molecule has 4 rings (SSSR count). The number of benzene rings is 3. The lowest BCUT2D eigenvalue weighted by Gasteiger charge is -2.22. The molecule has 0 aliphatic heterocycles. The molecule has 0 spiro atoms. The van der Waals surface area contributed by atoms with Crippen molar-refractivity contribution >= 4 is 18.0 Å². The van der Waals surface area contributed by atoms with E-state index in [0.717, 1.165) is 16.7 Å². The Kier molecular flexibility index (Phi) is 9.91. The van der Waals surface area contributed by atoms with Gasteiger partial charge in [0.15, 0.2) is 0 Å². The third-order valence-corrected chi connectivity index (χ3v) is 7.17. The van der Waals surface area contributed by atoms with Crippen LogP contribution in [0.1, 0.15) is 48.8 Å². The minimum Gasteiger partial charge on any atom is -0.480 e. The predicted octanol–water partition coefficient (Wildman–Crippen LogP) is 4.79. The van der Waals surface area contributed by atoms with E-state index in [1.54, 1.807) is 0 Å². The van der Waals surface area contributed by atoms with E-state index in [1.165, 1.54) is 11.1 Å². The van der Waals surface area contributed by atoms with Gasteiger partial charge in [-0.05, 0) is 54.6 Å². The van der Waals surface area contributed by atoms with Crippen LogP contribution in [-0.4, -0.2) is 60.3 Å². The fraction of sp³-hybridized carbons (Fsp3) is 0.344. The number of likely N-dealkylation sites (N-methyl/N-ethyl adjacent to an activating group) is 1. The average Bonchev–Trinajstić information content (AvgIpc) is 3.25. The molecule has 210 valence electrons. The summed E-state index contributed by atoms with van der Waals surface area (Å²) >= 11 is 0. The number of hydrogen-bond acceptors (Lipinski definition) is 5. The summed E-state index contributed by atoms with van der Waals surface area (Å²) in [5.41, 5.74) is 5.72. The topological polar surface area (TPSA) is 108 Å². The number of hydrogen-bond donors (Lipinski definition) is 3. The summed E-state index contributed by atoms with van der Waals surface area (Å²) in [4.78, 5) is 38.5. The second-order valence-corrected chi connectivity index (χ2v) is 10.4. The summed E-state index contributed by atoms with van der Waals surface area (Å²) in [5.74, 6) is -1.40. The van der Waals surface area contributed by atoms with Crippen LogP contribution in [0.3, 0.4) is 0 Å². The Hall–Kier alpha value is -4.17. The third-order valence-electron chi connectivity index (χ3n) is 7.17. The van der Waals surface area contributed by atoms with Crippen molar-refractivity contribution in [1.82, 2.24) is 15.5 Å². The molecule has 8 nitrogen and oxygen atoms in total. The van der Waals surface area contributed by atoms with Crippen LogP contribution in [0.5, 0.6) is 0 Å². The van der Waals surface area contributed by atoms with Crippen molar-refractivity contribution in [1.29, 1.82) is 0 Å². The number of rotatable bonds is 13. The Morgan fingerprint density at radius 3 is 2.12 bits per heavy atom. The summed E-state index contributed by atoms with van der Waals surface area (Å²) in [6.45, 7) is 2.87. The van der Waals surface area contributed by atoms with E-state index in [2.05, 4.69) is 34.9 Å². The number of nitrogens with zero attached hydrogens (tertiary/aromatic N) is 1. The van der Waals surface area contributed by atoms with E-state index in [0.29, 0.717) is 19.4 Å². The molecule has 0 fully saturated rings. The fourth-order valence-corrected chi connectivity index (χ4v) is 5.21. The first kappa shape index (κ1) is 28.8. The Morgan fingerprint density at radius 2 is 1.50 bits per heavy atom. The van der Waals surface area contributed by atoms with Gasteiger partial charge in [-0.15, -0.1) is 0 Å². The number of nitrogens with one attached hydrogen (secondary N) is 2. The van der Waals surface area contributed by atoms with E-state index in [4.69, 9.17) is 4.74 Å². The Labute approximate surface area is 235 Å². The highest BCUT2D eigenvalue weighted by molar-refractivity contribution is 5.83. The Bertz CT molecular complexity index is 1270. The van der Waals surface area contributed by atoms with E-state index in [-0.39, 0.29) is 37.4 Å². The molecular weight excluding hydrogens is 506 g/mol. The number of fused-ring (bicyclic) bond motifs is 3. The number of amides is 2. The van der Waals surface area contributed by atoms with Crippen molar-refractivity contribution < 1.29 is 24.2 Å². The number of alkyl carbamates (subject to hydrolysis) is 1. The van der Waals surface area contributed by atoms with Gasteiger partial charge in [-0.2, -0.15) is 0 Å². The second kappa shape index (κ2) is 13.8. The van der Waals surface area contributed by atoms with Gasteiger partial charge in [0.2, 0.25) is 5.91 Å². The smallest absolute Gasteiger partial charge is 0.407 e. The number of ether oxygens (including phenoxy) is 1. The van der Waals surface area contributed by atoms with Crippen molar-refractivity contribution in [2.24, 2.45) is 0 Å². The van der Waals surface area contributed by atoms with Crippen molar-refractivity contribution in [2.75, 3.05) is 20.2 Å². The lowest BCUT2D eigenvalue weighted by molar-refractivity contribution is -0.142. The zero-order chi connectivity index (χ0) is 28.5. The zero-order valence-corrected chi connectivity index (χ0v) is 23.0. The SMILES string of the molecule is CC(CCCC(=O)NC(CN(C)Cc1ccccc1)C(=O)O)NC(=O)OCC1c2ccccc2-c2ccccc21. The molecule has 3 aromatic rings. The number of carbonyl (C=O) groups is 3. The molecule has 2 amide bonds. The molecule has 3 N–H and O–H groups in total. The first-order valence-corrected chi connectivity index (χ1v) is 13.7. The maximum Gasteiger partial charge on any atom is 0.407 e. The van der Waals surface area contributed by atoms with Gasteiger partial charge in [-0.3, -0.25) is 9.69 Å². The van der Waals surface area contributed by atoms with Crippen molar-refractivity contribution in [2.45, 2.75) is 50.7 Å². The van der Waals surface area contributed by atoms with Crippen molar-refractivity contribution in [3.8, 4) is 11.1 Å². The Morgan fingerprint density at radius 1 is 0.900 bits per heavy atom. The summed E-state index contributed by atoms with van der Waals surface area (Å²) in [6, 6.07) is 24.9. The molecule has 2 unspecified atom stereocenters. The van der Waals surface area contributed by atoms with Gasteiger partial charge >= 0.3 is 12.1 Å². The highest BCUT2D eigenvalue weighted by atomic mass is 16.5. The molecule has 1 aliphatic rings. The van der Waals surface area contributed by atoms with Gasteiger partial charge in [-0.1, -0.05) is 78.9 Å². The maximum atomic E-state index is 12.5. The van der Waals surface area contributed by atoms with E-state index in [1.807, 2.05) is 73.5 Å². The average molecular weight is 544 g/mol. The Balaban J connectivity index is 1.17. The standard InChI is InChI=1S/C32H37N3O5/c1-22(11-10-18-30(36)34-29(31(37)38)20-35(2)19-23-12-4-3-5-13-23)33-32(39)40-21-28-26-16-8-6-14-24(26)25-15-7-9-17-27(25)28/h3-9,12-17,22,28-29H,10-11,18-21H2,1-2H3,(H,33,39)(H,34,36)(H,37,38). The first-order chi connectivity index (χ1) is 19.3. The molecule has 0 radical (unpaired) electrons. The fourth-order valence-electron chi connectivity index (χ4n) is 5.21. The van der Waals surface area contributed by atoms with Crippen LogP contribution in [0, 0.1) is 0 Å². The molecule has 2 atom stereocenters. The van der Waals surface area contributed by atoms with E-state index in [9.17, 15) is 19.5 Å². The molecule has 8 heteroatoms. The molecule has 3 aromatic carbocycles. The van der Waals surface area contributed by atoms with Gasteiger partial charge < -0.3 is 20.5 Å². The van der Waals surface area contributed by atoms with Crippen LogP contribution in [0.15, 0.2) is 78.9 Å². The zero-order valence-electron chi connectivity index (χ0n) is 23.0. The summed E-state index contributed by atoms with van der Waals surface area (Å²) < 4.78 is 5.60. The van der Waals surface area contributed by atoms with Crippen LogP contribution < -0.4 is 10.6 Å². The second-order valence-electron chi connectivity index (χ2n) is 10.4. The molecular formula is C32H37N3O5. The van der Waals surface area contributed by atoms with Gasteiger partial charge in [0.25, 0.3) is 0 Å². The largest absolute Gasteiger partial charge is 0.480 e. The van der Waals surface area contributed by atoms with Crippen LogP contribution in [0.4, 0.5) is 4.79 Å². The van der Waals surface area contributed by atoms with Crippen LogP contribution >= 0.6 is 0 Å². The summed E-state index contributed by atoms with van der Waals surface area (Å²) in [7, 11) is 1.83. The minimum absolute atomic E-state index is 0.00827. The molecule has 0 saturated heterocycles. The first-order valence-electron chi connectivity index (χ1n) is 13.7. The highest BCUT2D eigenvalue weighted by Crippen LogP contribution is 2.44. The van der Waals surface area contributed by atoms with Gasteiger partial charge in [0.05, 0.1) is 0 Å². The summed E-state index contributed by atoms with van der Waals surface area (Å²) in [6.07, 6.45) is 0.737. The minimum atomic E-state index is -1.07. The van der Waals surface area contributed by atoms with Crippen LogP contribution in [0.25, 0.3) is 11.1 Å². The van der Waals surface area contributed by atoms with E-state index < -0.39 is 18.1 Å². The van der Waals surface area contributed by atoms with Gasteiger partial charge in [-0.25, -0.2) is 9.59 Å². The maximum absolute atomic E-state index is 12.5. The quantitative estimate of drug-likeness (QED) is 0.286. The molecule has 0 saturated carbocycles. The lowest BCUT2D eigenvalue weighted by atomic mass is 9.98. The van der Waals surface area contributed by atoms with Gasteiger partial charge in [0, 0.05) is 31.5 Å². The third kappa shape index (κ3) is 7.70. The molecule has 0 heterocycles. The normalized spacial score (nSPS) is 13.7. The number of aliphatic carboxylic acids is 1. The monoisotopic (exact) mass is 543 g/mol. The van der Waals surface area contributed by atoms with Gasteiger partial charge in [0.1, 0.15) is 12.6 Å². The lowest BCUT2D eigenvalue weighted by Crippen LogP contribution is -2.47. The summed E-state index contributed by atoms with van der Waals surface area (Å²) in [5, 5.41) is 15.0. The van der Waals surface area contributed by atoms with Crippen LogP contribution in [0.2, 0.25) is 0 Å². The van der Waals surface area contributed by atoms with Crippen LogP contribution in [-0.2, 0) is 20.9 Å².